The Kier molecular flexibility index (Phi) is 6.99. The van der Waals surface area contributed by atoms with Crippen LogP contribution < -0.4 is 5.32 Å². The first-order valence-electron chi connectivity index (χ1n) is 8.62. The maximum absolute atomic E-state index is 12.3. The first-order chi connectivity index (χ1) is 11.7. The molecule has 0 aliphatic heterocycles. The van der Waals surface area contributed by atoms with E-state index in [1.54, 1.807) is 11.0 Å². The second-order valence-corrected chi connectivity index (χ2v) is 5.64. The van der Waals surface area contributed by atoms with Crippen molar-refractivity contribution in [2.75, 3.05) is 19.6 Å². The molecule has 0 aliphatic carbocycles. The maximum Gasteiger partial charge on any atom is 0.287 e. The van der Waals surface area contributed by atoms with Gasteiger partial charge in [0.25, 0.3) is 5.91 Å². The molecule has 0 spiro atoms. The Morgan fingerprint density at radius 1 is 1.33 bits per heavy atom. The van der Waals surface area contributed by atoms with Gasteiger partial charge in [-0.05, 0) is 25.6 Å². The van der Waals surface area contributed by atoms with Crippen molar-refractivity contribution < 1.29 is 9.21 Å². The van der Waals surface area contributed by atoms with Gasteiger partial charge >= 0.3 is 0 Å². The van der Waals surface area contributed by atoms with Gasteiger partial charge in [-0.2, -0.15) is 5.10 Å². The summed E-state index contributed by atoms with van der Waals surface area (Å²) in [5.74, 6) is 1.14. The molecule has 0 fully saturated rings. The van der Waals surface area contributed by atoms with E-state index in [-0.39, 0.29) is 5.91 Å². The van der Waals surface area contributed by atoms with Crippen LogP contribution in [-0.4, -0.2) is 45.2 Å². The monoisotopic (exact) mass is 333 g/mol. The highest BCUT2D eigenvalue weighted by Gasteiger charge is 2.16. The highest BCUT2D eigenvalue weighted by molar-refractivity contribution is 5.91. The molecule has 0 saturated carbocycles. The molecule has 0 saturated heterocycles. The van der Waals surface area contributed by atoms with Gasteiger partial charge in [-0.25, -0.2) is 4.98 Å². The molecule has 1 amide bonds. The van der Waals surface area contributed by atoms with Gasteiger partial charge in [-0.15, -0.1) is 0 Å². The molecule has 2 aromatic rings. The van der Waals surface area contributed by atoms with Crippen LogP contribution in [0.5, 0.6) is 0 Å². The van der Waals surface area contributed by atoms with Crippen LogP contribution >= 0.6 is 0 Å². The van der Waals surface area contributed by atoms with E-state index in [9.17, 15) is 4.79 Å². The van der Waals surface area contributed by atoms with E-state index in [0.717, 1.165) is 50.3 Å². The summed E-state index contributed by atoms with van der Waals surface area (Å²) < 4.78 is 7.50. The number of aromatic nitrogens is 3. The number of aryl methyl sites for hydroxylation is 2. The van der Waals surface area contributed by atoms with Crippen molar-refractivity contribution in [2.45, 2.75) is 46.7 Å². The van der Waals surface area contributed by atoms with Crippen LogP contribution in [0.4, 0.5) is 0 Å². The summed E-state index contributed by atoms with van der Waals surface area (Å²) in [7, 11) is 0. The standard InChI is InChI=1S/C17H27N5O2/c1-4-15-14(11-21(5-2)6-3)10-16(24-15)17(23)19-8-7-9-22-13-18-12-20-22/h10,12-13H,4-9,11H2,1-3H3,(H,19,23). The Balaban J connectivity index is 1.88. The second kappa shape index (κ2) is 9.22. The summed E-state index contributed by atoms with van der Waals surface area (Å²) in [4.78, 5) is 18.5. The van der Waals surface area contributed by atoms with E-state index < -0.39 is 0 Å². The summed E-state index contributed by atoms with van der Waals surface area (Å²) in [5, 5.41) is 6.93. The molecular weight excluding hydrogens is 306 g/mol. The summed E-state index contributed by atoms with van der Waals surface area (Å²) in [6.07, 6.45) is 4.76. The van der Waals surface area contributed by atoms with Crippen LogP contribution in [0, 0.1) is 0 Å². The van der Waals surface area contributed by atoms with E-state index >= 15 is 0 Å². The smallest absolute Gasteiger partial charge is 0.287 e. The second-order valence-electron chi connectivity index (χ2n) is 5.64. The van der Waals surface area contributed by atoms with Gasteiger partial charge in [-0.1, -0.05) is 20.8 Å². The van der Waals surface area contributed by atoms with Gasteiger partial charge in [0.1, 0.15) is 18.4 Å². The Morgan fingerprint density at radius 3 is 2.75 bits per heavy atom. The van der Waals surface area contributed by atoms with Crippen LogP contribution in [0.15, 0.2) is 23.1 Å². The van der Waals surface area contributed by atoms with Crippen molar-refractivity contribution in [3.05, 3.63) is 35.8 Å². The van der Waals surface area contributed by atoms with Crippen LogP contribution in [-0.2, 0) is 19.5 Å². The Morgan fingerprint density at radius 2 is 2.12 bits per heavy atom. The number of rotatable bonds is 10. The maximum atomic E-state index is 12.3. The van der Waals surface area contributed by atoms with Gasteiger partial charge in [0.15, 0.2) is 5.76 Å². The number of nitrogens with zero attached hydrogens (tertiary/aromatic N) is 4. The Labute approximate surface area is 143 Å². The van der Waals surface area contributed by atoms with Gasteiger partial charge in [0, 0.05) is 31.6 Å². The van der Waals surface area contributed by atoms with Crippen LogP contribution in [0.1, 0.15) is 49.1 Å². The zero-order valence-electron chi connectivity index (χ0n) is 14.8. The Bertz CT molecular complexity index is 617. The summed E-state index contributed by atoms with van der Waals surface area (Å²) in [6.45, 7) is 10.4. The minimum atomic E-state index is -0.158. The third-order valence-corrected chi connectivity index (χ3v) is 4.05. The van der Waals surface area contributed by atoms with E-state index in [4.69, 9.17) is 4.42 Å². The molecule has 7 heteroatoms. The molecule has 0 aromatic carbocycles. The molecule has 0 bridgehead atoms. The minimum Gasteiger partial charge on any atom is -0.456 e. The summed E-state index contributed by atoms with van der Waals surface area (Å²) in [5.41, 5.74) is 1.11. The van der Waals surface area contributed by atoms with Gasteiger partial charge in [0.2, 0.25) is 0 Å². The van der Waals surface area contributed by atoms with E-state index in [0.29, 0.717) is 12.3 Å². The van der Waals surface area contributed by atoms with Crippen molar-refractivity contribution >= 4 is 5.91 Å². The zero-order valence-corrected chi connectivity index (χ0v) is 14.8. The lowest BCUT2D eigenvalue weighted by Crippen LogP contribution is -2.25. The molecule has 0 atom stereocenters. The van der Waals surface area contributed by atoms with Crippen molar-refractivity contribution in [2.24, 2.45) is 0 Å². The highest BCUT2D eigenvalue weighted by Crippen LogP contribution is 2.18. The fourth-order valence-corrected chi connectivity index (χ4v) is 2.58. The summed E-state index contributed by atoms with van der Waals surface area (Å²) in [6, 6.07) is 1.88. The average Bonchev–Trinajstić information content (AvgIpc) is 3.25. The number of furan rings is 1. The topological polar surface area (TPSA) is 76.2 Å². The Hall–Kier alpha value is -2.15. The minimum absolute atomic E-state index is 0.158. The van der Waals surface area contributed by atoms with E-state index in [1.165, 1.54) is 6.33 Å². The molecule has 2 rings (SSSR count). The first kappa shape index (κ1) is 18.2. The number of carbonyl (C=O) groups is 1. The lowest BCUT2D eigenvalue weighted by Gasteiger charge is -2.17. The van der Waals surface area contributed by atoms with E-state index in [2.05, 4.69) is 34.1 Å². The number of nitrogens with one attached hydrogen (secondary N) is 1. The molecule has 24 heavy (non-hydrogen) atoms. The molecule has 0 radical (unpaired) electrons. The lowest BCUT2D eigenvalue weighted by molar-refractivity contribution is 0.0923. The van der Waals surface area contributed by atoms with Crippen LogP contribution in [0.3, 0.4) is 0 Å². The molecule has 0 aliphatic rings. The largest absolute Gasteiger partial charge is 0.456 e. The van der Waals surface area contributed by atoms with Gasteiger partial charge in [0.05, 0.1) is 0 Å². The first-order valence-corrected chi connectivity index (χ1v) is 8.62. The SMILES string of the molecule is CCc1oc(C(=O)NCCCn2cncn2)cc1CN(CC)CC. The summed E-state index contributed by atoms with van der Waals surface area (Å²) >= 11 is 0. The van der Waals surface area contributed by atoms with Gasteiger partial charge in [-0.3, -0.25) is 14.4 Å². The van der Waals surface area contributed by atoms with Crippen molar-refractivity contribution in [3.8, 4) is 0 Å². The van der Waals surface area contributed by atoms with Crippen molar-refractivity contribution in [3.63, 3.8) is 0 Å². The van der Waals surface area contributed by atoms with Crippen molar-refractivity contribution in [1.29, 1.82) is 0 Å². The van der Waals surface area contributed by atoms with Gasteiger partial charge < -0.3 is 9.73 Å². The lowest BCUT2D eigenvalue weighted by atomic mass is 10.2. The highest BCUT2D eigenvalue weighted by atomic mass is 16.4. The number of hydrogen-bond acceptors (Lipinski definition) is 5. The van der Waals surface area contributed by atoms with Crippen LogP contribution in [0.2, 0.25) is 0 Å². The normalized spacial score (nSPS) is 11.2. The predicted molar refractivity (Wildman–Crippen MR) is 91.7 cm³/mol. The number of carbonyl (C=O) groups excluding carboxylic acids is 1. The predicted octanol–water partition coefficient (Wildman–Crippen LogP) is 2.10. The molecule has 132 valence electrons. The average molecular weight is 333 g/mol. The van der Waals surface area contributed by atoms with Crippen LogP contribution in [0.25, 0.3) is 0 Å². The third-order valence-electron chi connectivity index (χ3n) is 4.05. The molecule has 2 aromatic heterocycles. The van der Waals surface area contributed by atoms with Crippen molar-refractivity contribution in [1.82, 2.24) is 25.0 Å². The van der Waals surface area contributed by atoms with E-state index in [1.807, 2.05) is 13.0 Å². The quantitative estimate of drug-likeness (QED) is 0.674. The zero-order chi connectivity index (χ0) is 17.4. The molecular formula is C17H27N5O2. The molecule has 0 unspecified atom stereocenters. The fraction of sp³-hybridized carbons (Fsp3) is 0.588. The number of hydrogen-bond donors (Lipinski definition) is 1. The third kappa shape index (κ3) is 4.92. The fourth-order valence-electron chi connectivity index (χ4n) is 2.58. The molecule has 7 nitrogen and oxygen atoms in total. The molecule has 2 heterocycles. The molecule has 1 N–H and O–H groups in total. The number of amides is 1.